The van der Waals surface area contributed by atoms with Gasteiger partial charge in [-0.25, -0.2) is 14.5 Å². The Labute approximate surface area is 142 Å². The van der Waals surface area contributed by atoms with Crippen molar-refractivity contribution in [2.24, 2.45) is 0 Å². The van der Waals surface area contributed by atoms with Crippen molar-refractivity contribution in [2.45, 2.75) is 45.2 Å². The van der Waals surface area contributed by atoms with Crippen LogP contribution in [-0.4, -0.2) is 38.8 Å². The van der Waals surface area contributed by atoms with Crippen molar-refractivity contribution < 1.29 is 4.79 Å². The lowest BCUT2D eigenvalue weighted by Crippen LogP contribution is -2.45. The molecule has 0 spiro atoms. The third-order valence-electron chi connectivity index (χ3n) is 4.79. The summed E-state index contributed by atoms with van der Waals surface area (Å²) in [5.41, 5.74) is 2.45. The van der Waals surface area contributed by atoms with E-state index in [4.69, 9.17) is 0 Å². The Morgan fingerprint density at radius 2 is 2.00 bits per heavy atom. The van der Waals surface area contributed by atoms with E-state index < -0.39 is 0 Å². The number of aromatic nitrogens is 3. The van der Waals surface area contributed by atoms with E-state index in [-0.39, 0.29) is 12.1 Å². The average molecular weight is 327 g/mol. The molecule has 1 aliphatic heterocycles. The average Bonchev–Trinajstić information content (AvgIpc) is 3.16. The fraction of sp³-hybridized carbons (Fsp3) is 0.500. The molecule has 1 aromatic heterocycles. The number of hydrogen-bond donors (Lipinski definition) is 1. The molecule has 6 heteroatoms. The van der Waals surface area contributed by atoms with Gasteiger partial charge in [0, 0.05) is 13.1 Å². The van der Waals surface area contributed by atoms with Crippen LogP contribution in [0.3, 0.4) is 0 Å². The van der Waals surface area contributed by atoms with Crippen LogP contribution in [0.4, 0.5) is 4.79 Å². The maximum Gasteiger partial charge on any atom is 0.317 e. The number of piperidine rings is 1. The van der Waals surface area contributed by atoms with Gasteiger partial charge in [0.25, 0.3) is 0 Å². The van der Waals surface area contributed by atoms with Crippen molar-refractivity contribution in [3.63, 3.8) is 0 Å². The molecule has 1 aromatic carbocycles. The lowest BCUT2D eigenvalue weighted by atomic mass is 10.0. The predicted octanol–water partition coefficient (Wildman–Crippen LogP) is 2.95. The number of rotatable bonds is 4. The Hall–Kier alpha value is -2.37. The summed E-state index contributed by atoms with van der Waals surface area (Å²) in [6.07, 6.45) is 6.17. The maximum atomic E-state index is 12.5. The summed E-state index contributed by atoms with van der Waals surface area (Å²) in [7, 11) is 0. The third kappa shape index (κ3) is 3.75. The lowest BCUT2D eigenvalue weighted by Gasteiger charge is -2.32. The Bertz CT molecular complexity index is 645. The molecule has 1 atom stereocenters. The lowest BCUT2D eigenvalue weighted by molar-refractivity contribution is 0.166. The number of amides is 2. The Morgan fingerprint density at radius 3 is 2.58 bits per heavy atom. The van der Waals surface area contributed by atoms with Gasteiger partial charge in [0.2, 0.25) is 0 Å². The normalized spacial score (nSPS) is 16.8. The summed E-state index contributed by atoms with van der Waals surface area (Å²) in [5, 5.41) is 7.30. The molecule has 0 unspecified atom stereocenters. The molecule has 0 saturated carbocycles. The number of hydrogen-bond acceptors (Lipinski definition) is 3. The van der Waals surface area contributed by atoms with E-state index in [0.717, 1.165) is 37.9 Å². The van der Waals surface area contributed by atoms with E-state index in [0.29, 0.717) is 6.04 Å². The van der Waals surface area contributed by atoms with E-state index >= 15 is 0 Å². The van der Waals surface area contributed by atoms with Gasteiger partial charge in [-0.3, -0.25) is 0 Å². The highest BCUT2D eigenvalue weighted by atomic mass is 16.2. The first-order valence-electron chi connectivity index (χ1n) is 8.65. The largest absolute Gasteiger partial charge is 0.331 e. The summed E-state index contributed by atoms with van der Waals surface area (Å²) in [6.45, 7) is 5.67. The summed E-state index contributed by atoms with van der Waals surface area (Å²) in [4.78, 5) is 18.4. The van der Waals surface area contributed by atoms with E-state index in [9.17, 15) is 4.79 Å². The van der Waals surface area contributed by atoms with Crippen LogP contribution < -0.4 is 5.32 Å². The van der Waals surface area contributed by atoms with Crippen LogP contribution in [0.5, 0.6) is 0 Å². The zero-order valence-corrected chi connectivity index (χ0v) is 14.4. The van der Waals surface area contributed by atoms with Gasteiger partial charge in [0.05, 0.1) is 12.1 Å². The van der Waals surface area contributed by atoms with Crippen LogP contribution >= 0.6 is 0 Å². The Balaban J connectivity index is 1.51. The Morgan fingerprint density at radius 1 is 1.29 bits per heavy atom. The molecule has 6 nitrogen and oxygen atoms in total. The monoisotopic (exact) mass is 327 g/mol. The highest BCUT2D eigenvalue weighted by molar-refractivity contribution is 5.74. The number of nitrogens with one attached hydrogen (secondary N) is 1. The van der Waals surface area contributed by atoms with E-state index in [1.54, 1.807) is 12.7 Å². The van der Waals surface area contributed by atoms with Crippen LogP contribution in [0.25, 0.3) is 0 Å². The summed E-state index contributed by atoms with van der Waals surface area (Å²) in [6, 6.07) is 8.82. The number of carbonyl (C=O) groups excluding carboxylic acids is 1. The second kappa shape index (κ2) is 7.47. The summed E-state index contributed by atoms with van der Waals surface area (Å²) in [5.74, 6) is 0. The molecule has 1 N–H and O–H groups in total. The topological polar surface area (TPSA) is 63.1 Å². The van der Waals surface area contributed by atoms with Crippen LogP contribution in [0.2, 0.25) is 0 Å². The quantitative estimate of drug-likeness (QED) is 0.939. The molecular formula is C18H25N5O. The van der Waals surface area contributed by atoms with Gasteiger partial charge in [-0.1, -0.05) is 31.2 Å². The molecule has 0 bridgehead atoms. The minimum absolute atomic E-state index is 0.0106. The number of carbonyl (C=O) groups is 1. The summed E-state index contributed by atoms with van der Waals surface area (Å²) >= 11 is 0. The van der Waals surface area contributed by atoms with Crippen LogP contribution in [0.15, 0.2) is 36.9 Å². The van der Waals surface area contributed by atoms with Crippen LogP contribution in [-0.2, 0) is 6.42 Å². The van der Waals surface area contributed by atoms with Gasteiger partial charge in [-0.15, -0.1) is 0 Å². The van der Waals surface area contributed by atoms with E-state index in [1.165, 1.54) is 5.56 Å². The second-order valence-corrected chi connectivity index (χ2v) is 6.36. The van der Waals surface area contributed by atoms with Crippen LogP contribution in [0.1, 0.15) is 49.9 Å². The smallest absolute Gasteiger partial charge is 0.317 e. The molecular weight excluding hydrogens is 302 g/mol. The van der Waals surface area contributed by atoms with Gasteiger partial charge < -0.3 is 10.2 Å². The molecule has 2 aromatic rings. The zero-order chi connectivity index (χ0) is 16.9. The summed E-state index contributed by atoms with van der Waals surface area (Å²) < 4.78 is 1.90. The molecule has 3 rings (SSSR count). The fourth-order valence-corrected chi connectivity index (χ4v) is 3.14. The maximum absolute atomic E-state index is 12.5. The molecule has 128 valence electrons. The molecule has 1 fully saturated rings. The first kappa shape index (κ1) is 16.5. The minimum Gasteiger partial charge on any atom is -0.331 e. The number of urea groups is 1. The van der Waals surface area contributed by atoms with Crippen LogP contribution in [0, 0.1) is 0 Å². The van der Waals surface area contributed by atoms with Gasteiger partial charge in [0.15, 0.2) is 0 Å². The molecule has 0 radical (unpaired) electrons. The predicted molar refractivity (Wildman–Crippen MR) is 92.6 cm³/mol. The van der Waals surface area contributed by atoms with E-state index in [1.807, 2.05) is 16.5 Å². The SMILES string of the molecule is CCc1ccc([C@H](C)NC(=O)N2CCC(n3cncn3)CC2)cc1. The van der Waals surface area contributed by atoms with Crippen molar-refractivity contribution in [1.29, 1.82) is 0 Å². The highest BCUT2D eigenvalue weighted by Crippen LogP contribution is 2.22. The van der Waals surface area contributed by atoms with Crippen molar-refractivity contribution in [2.75, 3.05) is 13.1 Å². The van der Waals surface area contributed by atoms with Gasteiger partial charge in [-0.05, 0) is 37.3 Å². The molecule has 24 heavy (non-hydrogen) atoms. The number of aryl methyl sites for hydroxylation is 1. The Kier molecular flexibility index (Phi) is 5.13. The van der Waals surface area contributed by atoms with Gasteiger partial charge in [0.1, 0.15) is 12.7 Å². The van der Waals surface area contributed by atoms with Crippen molar-refractivity contribution >= 4 is 6.03 Å². The molecule has 1 saturated heterocycles. The zero-order valence-electron chi connectivity index (χ0n) is 14.4. The minimum atomic E-state index is 0.0106. The van der Waals surface area contributed by atoms with E-state index in [2.05, 4.69) is 46.6 Å². The van der Waals surface area contributed by atoms with Gasteiger partial charge >= 0.3 is 6.03 Å². The van der Waals surface area contributed by atoms with Crippen molar-refractivity contribution in [3.8, 4) is 0 Å². The highest BCUT2D eigenvalue weighted by Gasteiger charge is 2.25. The van der Waals surface area contributed by atoms with Gasteiger partial charge in [-0.2, -0.15) is 5.10 Å². The standard InChI is InChI=1S/C18H25N5O/c1-3-15-4-6-16(7-5-15)14(2)21-18(24)22-10-8-17(9-11-22)23-13-19-12-20-23/h4-7,12-14,17H,3,8-11H2,1-2H3,(H,21,24)/t14-/m0/s1. The third-order valence-corrected chi connectivity index (χ3v) is 4.79. The number of likely N-dealkylation sites (tertiary alicyclic amines) is 1. The van der Waals surface area contributed by atoms with Crippen molar-refractivity contribution in [3.05, 3.63) is 48.0 Å². The molecule has 1 aliphatic rings. The molecule has 2 heterocycles. The first-order valence-corrected chi connectivity index (χ1v) is 8.65. The molecule has 0 aliphatic carbocycles. The second-order valence-electron chi connectivity index (χ2n) is 6.36. The van der Waals surface area contributed by atoms with Crippen molar-refractivity contribution in [1.82, 2.24) is 25.0 Å². The molecule has 2 amide bonds. The first-order chi connectivity index (χ1) is 11.7. The fourth-order valence-electron chi connectivity index (χ4n) is 3.14. The number of benzene rings is 1. The number of nitrogens with zero attached hydrogens (tertiary/aromatic N) is 4.